The van der Waals surface area contributed by atoms with Crippen LogP contribution < -0.4 is 10.9 Å². The van der Waals surface area contributed by atoms with Crippen molar-refractivity contribution in [2.24, 2.45) is 0 Å². The molecule has 0 atom stereocenters. The lowest BCUT2D eigenvalue weighted by Crippen LogP contribution is -2.46. The second kappa shape index (κ2) is 7.71. The molecule has 29 heavy (non-hydrogen) atoms. The highest BCUT2D eigenvalue weighted by atomic mass is 35.5. The molecule has 1 saturated heterocycles. The Labute approximate surface area is 171 Å². The maximum Gasteiger partial charge on any atom is 0.274 e. The molecule has 8 nitrogen and oxygen atoms in total. The number of aromatic nitrogens is 3. The van der Waals surface area contributed by atoms with E-state index in [2.05, 4.69) is 15.4 Å². The molecule has 2 N–H and O–H groups in total. The molecule has 0 bridgehead atoms. The van der Waals surface area contributed by atoms with E-state index >= 15 is 0 Å². The van der Waals surface area contributed by atoms with Gasteiger partial charge in [0.05, 0.1) is 10.6 Å². The van der Waals surface area contributed by atoms with Crippen molar-refractivity contribution >= 4 is 28.9 Å². The number of likely N-dealkylation sites (tertiary alicyclic amines) is 1. The summed E-state index contributed by atoms with van der Waals surface area (Å²) in [5.41, 5.74) is 1.40. The molecular weight excluding hydrogens is 394 g/mol. The van der Waals surface area contributed by atoms with Gasteiger partial charge in [-0.3, -0.25) is 14.4 Å². The van der Waals surface area contributed by atoms with Gasteiger partial charge >= 0.3 is 0 Å². The summed E-state index contributed by atoms with van der Waals surface area (Å²) in [6.07, 6.45) is 2.94. The quantitative estimate of drug-likeness (QED) is 0.686. The number of H-pyrrole nitrogens is 1. The van der Waals surface area contributed by atoms with Crippen LogP contribution >= 0.6 is 11.6 Å². The van der Waals surface area contributed by atoms with E-state index in [9.17, 15) is 14.4 Å². The van der Waals surface area contributed by atoms with Crippen LogP contribution in [0.3, 0.4) is 0 Å². The zero-order valence-electron chi connectivity index (χ0n) is 15.8. The summed E-state index contributed by atoms with van der Waals surface area (Å²) in [6, 6.07) is 8.38. The number of nitrogens with one attached hydrogen (secondary N) is 2. The number of amides is 2. The van der Waals surface area contributed by atoms with Gasteiger partial charge in [0.25, 0.3) is 17.4 Å². The molecule has 3 aromatic rings. The van der Waals surface area contributed by atoms with Crippen molar-refractivity contribution in [3.63, 3.8) is 0 Å². The lowest BCUT2D eigenvalue weighted by atomic mass is 10.0. The van der Waals surface area contributed by atoms with Crippen molar-refractivity contribution in [2.45, 2.75) is 25.8 Å². The van der Waals surface area contributed by atoms with Crippen molar-refractivity contribution < 1.29 is 9.59 Å². The van der Waals surface area contributed by atoms with E-state index < -0.39 is 0 Å². The minimum Gasteiger partial charge on any atom is -0.349 e. The Hall–Kier alpha value is -3.13. The number of benzene rings is 1. The van der Waals surface area contributed by atoms with Crippen molar-refractivity contribution in [1.82, 2.24) is 24.8 Å². The van der Waals surface area contributed by atoms with Gasteiger partial charge < -0.3 is 15.2 Å². The van der Waals surface area contributed by atoms with Crippen molar-refractivity contribution in [1.29, 1.82) is 0 Å². The summed E-state index contributed by atoms with van der Waals surface area (Å²) in [7, 11) is 0. The average Bonchev–Trinajstić information content (AvgIpc) is 3.12. The summed E-state index contributed by atoms with van der Waals surface area (Å²) in [6.45, 7) is 2.75. The number of carbonyl (C=O) groups is 2. The number of halogens is 1. The first kappa shape index (κ1) is 19.2. The van der Waals surface area contributed by atoms with Crippen LogP contribution in [0.25, 0.3) is 5.52 Å². The largest absolute Gasteiger partial charge is 0.349 e. The first-order chi connectivity index (χ1) is 13.9. The number of hydrogen-bond acceptors (Lipinski definition) is 4. The molecule has 150 valence electrons. The molecule has 0 aliphatic carbocycles. The number of rotatable bonds is 3. The minimum atomic E-state index is -0.280. The summed E-state index contributed by atoms with van der Waals surface area (Å²) in [4.78, 5) is 41.6. The van der Waals surface area contributed by atoms with E-state index in [1.165, 1.54) is 10.6 Å². The molecule has 1 aliphatic rings. The Morgan fingerprint density at radius 1 is 1.24 bits per heavy atom. The molecule has 1 aromatic carbocycles. The highest BCUT2D eigenvalue weighted by Gasteiger charge is 2.27. The summed E-state index contributed by atoms with van der Waals surface area (Å²) in [5, 5.41) is 7.64. The van der Waals surface area contributed by atoms with Crippen molar-refractivity contribution in [3.05, 3.63) is 68.9 Å². The molecule has 1 fully saturated rings. The number of fused-ring (bicyclic) bond motifs is 1. The summed E-state index contributed by atoms with van der Waals surface area (Å²) < 4.78 is 1.43. The predicted octanol–water partition coefficient (Wildman–Crippen LogP) is 2.02. The van der Waals surface area contributed by atoms with Gasteiger partial charge in [-0.05, 0) is 31.9 Å². The highest BCUT2D eigenvalue weighted by Crippen LogP contribution is 2.18. The van der Waals surface area contributed by atoms with Crippen molar-refractivity contribution in [3.8, 4) is 0 Å². The Kier molecular flexibility index (Phi) is 5.10. The second-order valence-electron chi connectivity index (χ2n) is 7.15. The van der Waals surface area contributed by atoms with Gasteiger partial charge in [-0.2, -0.15) is 5.10 Å². The van der Waals surface area contributed by atoms with Gasteiger partial charge in [0.1, 0.15) is 5.52 Å². The fourth-order valence-electron chi connectivity index (χ4n) is 3.52. The third-order valence-corrected chi connectivity index (χ3v) is 5.38. The van der Waals surface area contributed by atoms with Crippen LogP contribution in [0.4, 0.5) is 0 Å². The van der Waals surface area contributed by atoms with E-state index in [0.29, 0.717) is 47.7 Å². The molecule has 0 saturated carbocycles. The maximum atomic E-state index is 12.8. The number of hydrogen-bond donors (Lipinski definition) is 2. The van der Waals surface area contributed by atoms with Crippen LogP contribution in [-0.4, -0.2) is 50.4 Å². The fourth-order valence-corrected chi connectivity index (χ4v) is 3.74. The van der Waals surface area contributed by atoms with Crippen LogP contribution in [0, 0.1) is 6.92 Å². The van der Waals surface area contributed by atoms with E-state index in [-0.39, 0.29) is 29.1 Å². The van der Waals surface area contributed by atoms with E-state index in [0.717, 1.165) is 0 Å². The molecule has 1 aliphatic heterocycles. The zero-order valence-corrected chi connectivity index (χ0v) is 16.6. The molecule has 0 spiro atoms. The normalized spacial score (nSPS) is 14.9. The Morgan fingerprint density at radius 2 is 1.97 bits per heavy atom. The number of nitrogens with zero attached hydrogens (tertiary/aromatic N) is 3. The van der Waals surface area contributed by atoms with E-state index in [1.54, 1.807) is 42.3 Å². The van der Waals surface area contributed by atoms with Gasteiger partial charge in [-0.15, -0.1) is 0 Å². The van der Waals surface area contributed by atoms with Gasteiger partial charge in [0.15, 0.2) is 5.69 Å². The number of aromatic amines is 1. The Morgan fingerprint density at radius 3 is 2.69 bits per heavy atom. The van der Waals surface area contributed by atoms with Crippen LogP contribution in [0.15, 0.2) is 41.3 Å². The second-order valence-corrected chi connectivity index (χ2v) is 7.55. The van der Waals surface area contributed by atoms with Gasteiger partial charge in [-0.1, -0.05) is 23.7 Å². The number of aryl methyl sites for hydroxylation is 1. The SMILES string of the molecule is Cc1cn2nc(C(=O)N3CCC(NC(=O)c4ccccc4Cl)CC3)cc2c(=O)[nH]1. The smallest absolute Gasteiger partial charge is 0.274 e. The maximum absolute atomic E-state index is 12.8. The molecule has 3 heterocycles. The summed E-state index contributed by atoms with van der Waals surface area (Å²) in [5.74, 6) is -0.433. The minimum absolute atomic E-state index is 0.0330. The number of piperidine rings is 1. The first-order valence-electron chi connectivity index (χ1n) is 9.36. The molecule has 4 rings (SSSR count). The monoisotopic (exact) mass is 413 g/mol. The molecule has 0 unspecified atom stereocenters. The first-order valence-corrected chi connectivity index (χ1v) is 9.74. The fraction of sp³-hybridized carbons (Fsp3) is 0.300. The van der Waals surface area contributed by atoms with Gasteiger partial charge in [0, 0.05) is 37.1 Å². The van der Waals surface area contributed by atoms with Gasteiger partial charge in [-0.25, -0.2) is 4.52 Å². The Bertz CT molecular complexity index is 1140. The van der Waals surface area contributed by atoms with Crippen LogP contribution in [0.1, 0.15) is 39.4 Å². The highest BCUT2D eigenvalue weighted by molar-refractivity contribution is 6.33. The number of carbonyl (C=O) groups excluding carboxylic acids is 2. The summed E-state index contributed by atoms with van der Waals surface area (Å²) >= 11 is 6.08. The van der Waals surface area contributed by atoms with Gasteiger partial charge in [0.2, 0.25) is 0 Å². The van der Waals surface area contributed by atoms with Crippen molar-refractivity contribution in [2.75, 3.05) is 13.1 Å². The lowest BCUT2D eigenvalue weighted by molar-refractivity contribution is 0.0692. The Balaban J connectivity index is 1.40. The lowest BCUT2D eigenvalue weighted by Gasteiger charge is -2.32. The molecule has 0 radical (unpaired) electrons. The van der Waals surface area contributed by atoms with Crippen LogP contribution in [0.5, 0.6) is 0 Å². The van der Waals surface area contributed by atoms with Crippen LogP contribution in [-0.2, 0) is 0 Å². The molecule has 2 aromatic heterocycles. The molecule has 9 heteroatoms. The van der Waals surface area contributed by atoms with E-state index in [4.69, 9.17) is 11.6 Å². The predicted molar refractivity (Wildman–Crippen MR) is 108 cm³/mol. The third-order valence-electron chi connectivity index (χ3n) is 5.05. The third kappa shape index (κ3) is 3.88. The standard InChI is InChI=1S/C20H20ClN5O3/c1-12-11-26-17(19(28)22-12)10-16(24-26)20(29)25-8-6-13(7-9-25)23-18(27)14-4-2-3-5-15(14)21/h2-5,10-11,13H,6-9H2,1H3,(H,22,28)(H,23,27). The molecular formula is C20H20ClN5O3. The average molecular weight is 414 g/mol. The molecule has 2 amide bonds. The zero-order chi connectivity index (χ0) is 20.5. The topological polar surface area (TPSA) is 99.6 Å². The van der Waals surface area contributed by atoms with Crippen LogP contribution in [0.2, 0.25) is 5.02 Å². The van der Waals surface area contributed by atoms with E-state index in [1.807, 2.05) is 0 Å².